The number of nitrogens with one attached hydrogen (secondary N) is 1. The number of aromatic nitrogens is 6. The van der Waals surface area contributed by atoms with Crippen molar-refractivity contribution in [3.8, 4) is 22.5 Å². The predicted octanol–water partition coefficient (Wildman–Crippen LogP) is 9.53. The average Bonchev–Trinajstić information content (AvgIpc) is 3.92. The summed E-state index contributed by atoms with van der Waals surface area (Å²) in [6.45, 7) is 1.62. The number of hydrogen-bond donors (Lipinski definition) is 1. The second-order valence-electron chi connectivity index (χ2n) is 15.4. The fourth-order valence-electron chi connectivity index (χ4n) is 8.64. The predicted molar refractivity (Wildman–Crippen MR) is 234 cm³/mol. The molecule has 1 fully saturated rings. The quantitative estimate of drug-likeness (QED) is 0.0724. The molecular weight excluding hydrogens is 781 g/mol. The minimum atomic E-state index is -1.21. The number of rotatable bonds is 12. The molecule has 2 aromatic heterocycles. The number of ether oxygens (including phenoxy) is 3. The molecule has 6 aromatic carbocycles. The highest BCUT2D eigenvalue weighted by atomic mass is 16.8. The summed E-state index contributed by atoms with van der Waals surface area (Å²) in [6.07, 6.45) is 2.39. The van der Waals surface area contributed by atoms with Gasteiger partial charge in [-0.2, -0.15) is 0 Å². The van der Waals surface area contributed by atoms with Crippen LogP contribution in [0.1, 0.15) is 71.6 Å². The van der Waals surface area contributed by atoms with Gasteiger partial charge in [0.05, 0.1) is 23.1 Å². The third-order valence-electron chi connectivity index (χ3n) is 11.5. The molecule has 8 aromatic rings. The molecule has 0 amide bonds. The molecule has 310 valence electrons. The highest BCUT2D eigenvalue weighted by Gasteiger charge is 2.42. The Bertz CT molecular complexity index is 2770. The van der Waals surface area contributed by atoms with Gasteiger partial charge in [0.15, 0.2) is 5.82 Å². The maximum absolute atomic E-state index is 13.5. The molecule has 0 bridgehead atoms. The summed E-state index contributed by atoms with van der Waals surface area (Å²) in [6, 6.07) is 51.7. The van der Waals surface area contributed by atoms with Crippen molar-refractivity contribution in [2.45, 2.75) is 63.5 Å². The Morgan fingerprint density at radius 2 is 1.31 bits per heavy atom. The highest BCUT2D eigenvalue weighted by molar-refractivity contribution is 6.02. The number of esters is 1. The van der Waals surface area contributed by atoms with Crippen LogP contribution in [0.3, 0.4) is 0 Å². The van der Waals surface area contributed by atoms with E-state index in [-0.39, 0.29) is 23.9 Å². The number of H-pyrrole nitrogens is 1. The van der Waals surface area contributed by atoms with Crippen molar-refractivity contribution in [1.29, 1.82) is 0 Å². The van der Waals surface area contributed by atoms with Crippen LogP contribution in [0.15, 0.2) is 163 Å². The van der Waals surface area contributed by atoms with Crippen molar-refractivity contribution in [2.75, 3.05) is 0 Å². The largest absolute Gasteiger partial charge is 0.511 e. The lowest BCUT2D eigenvalue weighted by molar-refractivity contribution is -0.0914. The Morgan fingerprint density at radius 3 is 1.94 bits per heavy atom. The summed E-state index contributed by atoms with van der Waals surface area (Å²) in [5.74, 6) is -0.168. The lowest BCUT2D eigenvalue weighted by Gasteiger charge is -2.36. The number of aromatic amines is 1. The molecule has 12 nitrogen and oxygen atoms in total. The number of hydrogen-bond acceptors (Lipinski definition) is 9. The summed E-state index contributed by atoms with van der Waals surface area (Å²) in [5.41, 5.74) is 6.13. The topological polar surface area (TPSA) is 143 Å². The lowest BCUT2D eigenvalue weighted by Crippen LogP contribution is -2.39. The van der Waals surface area contributed by atoms with Crippen molar-refractivity contribution in [3.05, 3.63) is 196 Å². The van der Waals surface area contributed by atoms with Crippen molar-refractivity contribution in [2.24, 2.45) is 0 Å². The third kappa shape index (κ3) is 7.78. The molecule has 0 spiro atoms. The average molecular weight is 825 g/mol. The molecule has 9 rings (SSSR count). The molecule has 1 unspecified atom stereocenters. The first-order valence-electron chi connectivity index (χ1n) is 20.8. The molecule has 0 aliphatic heterocycles. The van der Waals surface area contributed by atoms with Gasteiger partial charge in [-0.25, -0.2) is 19.1 Å². The Morgan fingerprint density at radius 1 is 0.710 bits per heavy atom. The summed E-state index contributed by atoms with van der Waals surface area (Å²) in [7, 11) is 0. The molecule has 0 saturated heterocycles. The van der Waals surface area contributed by atoms with Crippen LogP contribution in [-0.4, -0.2) is 54.3 Å². The summed E-state index contributed by atoms with van der Waals surface area (Å²) >= 11 is 0. The zero-order valence-electron chi connectivity index (χ0n) is 34.1. The summed E-state index contributed by atoms with van der Waals surface area (Å²) in [4.78, 5) is 42.2. The van der Waals surface area contributed by atoms with Crippen LogP contribution in [-0.2, 0) is 26.3 Å². The Hall–Kier alpha value is -7.60. The van der Waals surface area contributed by atoms with Gasteiger partial charge in [0, 0.05) is 12.5 Å². The normalized spacial score (nSPS) is 13.7. The number of imidazole rings is 1. The van der Waals surface area contributed by atoms with E-state index in [9.17, 15) is 14.4 Å². The van der Waals surface area contributed by atoms with Crippen LogP contribution in [0.4, 0.5) is 4.79 Å². The number of nitrogens with zero attached hydrogens (tertiary/aromatic N) is 5. The molecule has 2 heterocycles. The number of carbonyl (C=O) groups excluding carboxylic acids is 2. The monoisotopic (exact) mass is 824 g/mol. The van der Waals surface area contributed by atoms with Gasteiger partial charge < -0.3 is 19.2 Å². The fraction of sp³-hybridized carbons (Fsp3) is 0.200. The maximum Gasteiger partial charge on any atom is 0.511 e. The second-order valence-corrected chi connectivity index (χ2v) is 15.4. The number of tetrazole rings is 1. The van der Waals surface area contributed by atoms with Crippen LogP contribution in [0.25, 0.3) is 33.5 Å². The van der Waals surface area contributed by atoms with Crippen LogP contribution < -0.4 is 5.69 Å². The van der Waals surface area contributed by atoms with Gasteiger partial charge in [0.2, 0.25) is 6.29 Å². The van der Waals surface area contributed by atoms with E-state index in [1.54, 1.807) is 18.2 Å². The van der Waals surface area contributed by atoms with Crippen molar-refractivity contribution in [1.82, 2.24) is 29.8 Å². The van der Waals surface area contributed by atoms with Gasteiger partial charge in [0.1, 0.15) is 11.6 Å². The molecule has 1 aliphatic rings. The highest BCUT2D eigenvalue weighted by Crippen LogP contribution is 2.43. The molecule has 0 radical (unpaired) electrons. The molecule has 1 saturated carbocycles. The van der Waals surface area contributed by atoms with E-state index in [1.165, 1.54) is 11.5 Å². The minimum Gasteiger partial charge on any atom is -0.431 e. The second kappa shape index (κ2) is 17.6. The zero-order chi connectivity index (χ0) is 42.5. The smallest absolute Gasteiger partial charge is 0.431 e. The first-order valence-corrected chi connectivity index (χ1v) is 20.8. The van der Waals surface area contributed by atoms with Crippen molar-refractivity contribution < 1.29 is 23.8 Å². The minimum absolute atomic E-state index is 0.151. The Labute approximate surface area is 357 Å². The van der Waals surface area contributed by atoms with Gasteiger partial charge in [0.25, 0.3) is 0 Å². The summed E-state index contributed by atoms with van der Waals surface area (Å²) < 4.78 is 19.6. The van der Waals surface area contributed by atoms with Crippen LogP contribution in [0, 0.1) is 0 Å². The van der Waals surface area contributed by atoms with E-state index < -0.39 is 24.0 Å². The van der Waals surface area contributed by atoms with E-state index >= 15 is 0 Å². The number of benzene rings is 6. The van der Waals surface area contributed by atoms with Gasteiger partial charge in [-0.05, 0) is 81.6 Å². The van der Waals surface area contributed by atoms with Gasteiger partial charge in [-0.1, -0.05) is 152 Å². The van der Waals surface area contributed by atoms with Gasteiger partial charge in [-0.15, -0.1) is 5.10 Å². The molecule has 1 N–H and O–H groups in total. The van der Waals surface area contributed by atoms with Crippen LogP contribution in [0.5, 0.6) is 0 Å². The number of carbonyl (C=O) groups is 2. The number of para-hydroxylation sites is 1. The first kappa shape index (κ1) is 39.8. The van der Waals surface area contributed by atoms with E-state index in [4.69, 9.17) is 24.5 Å². The SMILES string of the molecule is CC(OC(=O)OC1CCCCC1)OC(=O)c1cccc2[nH]c(=O)n(Cc3ccc(-c4ccccc4-c4nnnn4C(c4ccccc4)(c4ccccc4)c4ccccc4)cc3)c12. The number of fused-ring (bicyclic) bond motifs is 1. The van der Waals surface area contributed by atoms with Crippen molar-refractivity contribution >= 4 is 23.2 Å². The van der Waals surface area contributed by atoms with Gasteiger partial charge in [-0.3, -0.25) is 4.57 Å². The standard InChI is InChI=1S/C50H44N6O6/c1-34(61-49(59)62-40-23-12-5-13-24-40)60-47(57)43-27-16-28-44-45(43)55(48(58)51-44)33-35-29-31-36(32-30-35)41-25-14-15-26-42(41)46-52-53-54-56(46)50(37-17-6-2-7-18-37,38-19-8-3-9-20-38)39-21-10-4-11-22-39/h2-4,6-11,14-22,25-32,34,40H,5,12-13,23-24,33H2,1H3,(H,51,58). The summed E-state index contributed by atoms with van der Waals surface area (Å²) in [5, 5.41) is 13.7. The first-order chi connectivity index (χ1) is 30.4. The van der Waals surface area contributed by atoms with E-state index in [1.807, 2.05) is 108 Å². The molecule has 1 atom stereocenters. The third-order valence-corrected chi connectivity index (χ3v) is 11.5. The lowest BCUT2D eigenvalue weighted by atomic mass is 9.77. The molecule has 1 aliphatic carbocycles. The fourth-order valence-corrected chi connectivity index (χ4v) is 8.64. The molecule has 12 heteroatoms. The van der Waals surface area contributed by atoms with E-state index in [0.29, 0.717) is 16.9 Å². The van der Waals surface area contributed by atoms with Crippen LogP contribution >= 0.6 is 0 Å². The Kier molecular flexibility index (Phi) is 11.3. The zero-order valence-corrected chi connectivity index (χ0v) is 34.1. The molecular formula is C50H44N6O6. The molecule has 62 heavy (non-hydrogen) atoms. The van der Waals surface area contributed by atoms with Crippen molar-refractivity contribution in [3.63, 3.8) is 0 Å². The maximum atomic E-state index is 13.5. The van der Waals surface area contributed by atoms with Crippen LogP contribution in [0.2, 0.25) is 0 Å². The van der Waals surface area contributed by atoms with Gasteiger partial charge >= 0.3 is 17.8 Å². The van der Waals surface area contributed by atoms with E-state index in [0.717, 1.165) is 71.0 Å². The Balaban J connectivity index is 1.02. The van der Waals surface area contributed by atoms with E-state index in [2.05, 4.69) is 46.6 Å².